The smallest absolute Gasteiger partial charge is 0.0328 e. The van der Waals surface area contributed by atoms with Gasteiger partial charge in [-0.05, 0) is 70.3 Å². The van der Waals surface area contributed by atoms with Gasteiger partial charge in [0.25, 0.3) is 0 Å². The number of hydrogen-bond donors (Lipinski definition) is 1. The van der Waals surface area contributed by atoms with Crippen molar-refractivity contribution in [3.05, 3.63) is 21.9 Å². The summed E-state index contributed by atoms with van der Waals surface area (Å²) in [5, 5.41) is 3.75. The molecule has 0 spiro atoms. The minimum atomic E-state index is 0. The summed E-state index contributed by atoms with van der Waals surface area (Å²) in [6.45, 7) is 7.16. The van der Waals surface area contributed by atoms with E-state index in [1.165, 1.54) is 55.1 Å². The molecule has 1 saturated heterocycles. The summed E-state index contributed by atoms with van der Waals surface area (Å²) in [7, 11) is 0. The standard InChI is InChI=1S/C15H24N2S.ClH/c1-12-2-5-15(18-12)11-17-8-6-14(7-9-17)16-10-13-3-4-13;/h2,5,13-14,16H,3-4,6-11H2,1H3;1H. The van der Waals surface area contributed by atoms with Gasteiger partial charge in [-0.15, -0.1) is 23.7 Å². The Bertz CT molecular complexity index is 381. The molecule has 1 saturated carbocycles. The third-order valence-corrected chi connectivity index (χ3v) is 5.14. The lowest BCUT2D eigenvalue weighted by molar-refractivity contribution is 0.191. The first-order valence-corrected chi connectivity index (χ1v) is 8.12. The van der Waals surface area contributed by atoms with E-state index in [4.69, 9.17) is 0 Å². The molecule has 1 N–H and O–H groups in total. The van der Waals surface area contributed by atoms with E-state index in [-0.39, 0.29) is 12.4 Å². The first kappa shape index (κ1) is 15.3. The maximum absolute atomic E-state index is 3.75. The Morgan fingerprint density at radius 1 is 1.21 bits per heavy atom. The number of aryl methyl sites for hydroxylation is 1. The minimum Gasteiger partial charge on any atom is -0.314 e. The van der Waals surface area contributed by atoms with Gasteiger partial charge in [0, 0.05) is 22.3 Å². The number of hydrogen-bond acceptors (Lipinski definition) is 3. The highest BCUT2D eigenvalue weighted by Gasteiger charge is 2.24. The van der Waals surface area contributed by atoms with Gasteiger partial charge in [0.1, 0.15) is 0 Å². The van der Waals surface area contributed by atoms with Crippen molar-refractivity contribution in [2.24, 2.45) is 5.92 Å². The topological polar surface area (TPSA) is 15.3 Å². The van der Waals surface area contributed by atoms with Gasteiger partial charge in [-0.2, -0.15) is 0 Å². The van der Waals surface area contributed by atoms with E-state index in [0.29, 0.717) is 0 Å². The molecule has 0 bridgehead atoms. The number of halogens is 1. The first-order valence-electron chi connectivity index (χ1n) is 7.30. The van der Waals surface area contributed by atoms with Crippen molar-refractivity contribution in [2.45, 2.75) is 45.2 Å². The second-order valence-electron chi connectivity index (χ2n) is 5.91. The molecule has 2 heterocycles. The molecule has 108 valence electrons. The Labute approximate surface area is 127 Å². The molecule has 0 aromatic carbocycles. The van der Waals surface area contributed by atoms with Crippen LogP contribution in [-0.2, 0) is 6.54 Å². The van der Waals surface area contributed by atoms with E-state index in [0.717, 1.165) is 18.5 Å². The summed E-state index contributed by atoms with van der Waals surface area (Å²) in [5.41, 5.74) is 0. The van der Waals surface area contributed by atoms with Gasteiger partial charge in [0.15, 0.2) is 0 Å². The summed E-state index contributed by atoms with van der Waals surface area (Å²) in [5.74, 6) is 1.01. The summed E-state index contributed by atoms with van der Waals surface area (Å²) in [6.07, 6.45) is 5.58. The van der Waals surface area contributed by atoms with Gasteiger partial charge in [0.2, 0.25) is 0 Å². The average molecular weight is 301 g/mol. The second-order valence-corrected chi connectivity index (χ2v) is 7.29. The van der Waals surface area contributed by atoms with Crippen LogP contribution in [0.25, 0.3) is 0 Å². The normalized spacial score (nSPS) is 21.3. The minimum absolute atomic E-state index is 0. The average Bonchev–Trinajstić information content (AvgIpc) is 3.12. The first-order chi connectivity index (χ1) is 8.79. The van der Waals surface area contributed by atoms with Crippen LogP contribution in [0.1, 0.15) is 35.4 Å². The van der Waals surface area contributed by atoms with Crippen LogP contribution >= 0.6 is 23.7 Å². The van der Waals surface area contributed by atoms with Crippen LogP contribution in [0.2, 0.25) is 0 Å². The van der Waals surface area contributed by atoms with Gasteiger partial charge in [-0.25, -0.2) is 0 Å². The highest BCUT2D eigenvalue weighted by Crippen LogP contribution is 2.28. The number of likely N-dealkylation sites (tertiary alicyclic amines) is 1. The fraction of sp³-hybridized carbons (Fsp3) is 0.733. The van der Waals surface area contributed by atoms with Crippen molar-refractivity contribution in [3.8, 4) is 0 Å². The summed E-state index contributed by atoms with van der Waals surface area (Å²) in [4.78, 5) is 5.57. The molecule has 2 fully saturated rings. The summed E-state index contributed by atoms with van der Waals surface area (Å²) < 4.78 is 0. The lowest BCUT2D eigenvalue weighted by Crippen LogP contribution is -2.42. The Morgan fingerprint density at radius 3 is 2.53 bits per heavy atom. The number of rotatable bonds is 5. The number of nitrogens with one attached hydrogen (secondary N) is 1. The van der Waals surface area contributed by atoms with Gasteiger partial charge in [-0.3, -0.25) is 4.90 Å². The quantitative estimate of drug-likeness (QED) is 0.896. The predicted molar refractivity (Wildman–Crippen MR) is 85.3 cm³/mol. The number of thiophene rings is 1. The van der Waals surface area contributed by atoms with Crippen molar-refractivity contribution < 1.29 is 0 Å². The monoisotopic (exact) mass is 300 g/mol. The maximum Gasteiger partial charge on any atom is 0.0328 e. The molecule has 1 aliphatic heterocycles. The van der Waals surface area contributed by atoms with Crippen LogP contribution in [0.15, 0.2) is 12.1 Å². The van der Waals surface area contributed by atoms with Crippen molar-refractivity contribution in [3.63, 3.8) is 0 Å². The van der Waals surface area contributed by atoms with E-state index >= 15 is 0 Å². The molecule has 0 unspecified atom stereocenters. The SMILES string of the molecule is Cc1ccc(CN2CCC(NCC3CC3)CC2)s1.Cl. The molecule has 1 aromatic rings. The second kappa shape index (κ2) is 7.07. The molecule has 4 heteroatoms. The fourth-order valence-electron chi connectivity index (χ4n) is 2.74. The van der Waals surface area contributed by atoms with Gasteiger partial charge in [0.05, 0.1) is 0 Å². The van der Waals surface area contributed by atoms with E-state index in [1.807, 2.05) is 11.3 Å². The molecule has 1 aliphatic carbocycles. The van der Waals surface area contributed by atoms with Crippen LogP contribution in [0.3, 0.4) is 0 Å². The Balaban J connectivity index is 0.00000133. The molecule has 2 nitrogen and oxygen atoms in total. The zero-order valence-corrected chi connectivity index (χ0v) is 13.4. The van der Waals surface area contributed by atoms with Crippen LogP contribution in [0, 0.1) is 12.8 Å². The lowest BCUT2D eigenvalue weighted by atomic mass is 10.0. The van der Waals surface area contributed by atoms with E-state index in [9.17, 15) is 0 Å². The predicted octanol–water partition coefficient (Wildman–Crippen LogP) is 3.44. The molecular formula is C15H25ClN2S. The number of nitrogens with zero attached hydrogens (tertiary/aromatic N) is 1. The molecule has 0 amide bonds. The fourth-order valence-corrected chi connectivity index (χ4v) is 3.67. The molecular weight excluding hydrogens is 276 g/mol. The van der Waals surface area contributed by atoms with Crippen LogP contribution in [0.5, 0.6) is 0 Å². The Hall–Kier alpha value is -0.0900. The summed E-state index contributed by atoms with van der Waals surface area (Å²) in [6, 6.07) is 5.31. The van der Waals surface area contributed by atoms with E-state index in [2.05, 4.69) is 29.3 Å². The highest BCUT2D eigenvalue weighted by molar-refractivity contribution is 7.11. The third-order valence-electron chi connectivity index (χ3n) is 4.16. The molecule has 19 heavy (non-hydrogen) atoms. The zero-order chi connectivity index (χ0) is 12.4. The third kappa shape index (κ3) is 4.75. The largest absolute Gasteiger partial charge is 0.314 e. The van der Waals surface area contributed by atoms with Crippen LogP contribution < -0.4 is 5.32 Å². The molecule has 0 atom stereocenters. The van der Waals surface area contributed by atoms with Crippen molar-refractivity contribution in [1.82, 2.24) is 10.2 Å². The molecule has 3 rings (SSSR count). The Kier molecular flexibility index (Phi) is 5.70. The van der Waals surface area contributed by atoms with Gasteiger partial charge in [-0.1, -0.05) is 0 Å². The number of piperidine rings is 1. The molecule has 0 radical (unpaired) electrons. The highest BCUT2D eigenvalue weighted by atomic mass is 35.5. The zero-order valence-electron chi connectivity index (χ0n) is 11.7. The van der Waals surface area contributed by atoms with Gasteiger partial charge >= 0.3 is 0 Å². The van der Waals surface area contributed by atoms with E-state index < -0.39 is 0 Å². The van der Waals surface area contributed by atoms with Crippen molar-refractivity contribution in [2.75, 3.05) is 19.6 Å². The molecule has 2 aliphatic rings. The maximum atomic E-state index is 3.75. The van der Waals surface area contributed by atoms with Crippen molar-refractivity contribution >= 4 is 23.7 Å². The van der Waals surface area contributed by atoms with Gasteiger partial charge < -0.3 is 5.32 Å². The van der Waals surface area contributed by atoms with Crippen molar-refractivity contribution in [1.29, 1.82) is 0 Å². The lowest BCUT2D eigenvalue weighted by Gasteiger charge is -2.32. The van der Waals surface area contributed by atoms with Crippen LogP contribution in [-0.4, -0.2) is 30.6 Å². The summed E-state index contributed by atoms with van der Waals surface area (Å²) >= 11 is 1.95. The van der Waals surface area contributed by atoms with E-state index in [1.54, 1.807) is 0 Å². The molecule has 1 aromatic heterocycles. The Morgan fingerprint density at radius 2 is 1.95 bits per heavy atom. The van der Waals surface area contributed by atoms with Crippen LogP contribution in [0.4, 0.5) is 0 Å².